The summed E-state index contributed by atoms with van der Waals surface area (Å²) in [7, 11) is 0. The van der Waals surface area contributed by atoms with Crippen LogP contribution in [-0.4, -0.2) is 47.6 Å². The number of hydrogen-bond donors (Lipinski definition) is 2. The fourth-order valence-electron chi connectivity index (χ4n) is 3.07. The maximum absolute atomic E-state index is 12.9. The number of nitrogens with one attached hydrogen (secondary N) is 2. The van der Waals surface area contributed by atoms with E-state index in [4.69, 9.17) is 14.2 Å². The van der Waals surface area contributed by atoms with Gasteiger partial charge in [0.2, 0.25) is 16.8 Å². The topological polar surface area (TPSA) is 112 Å². The molecule has 0 aliphatic carbocycles. The first-order valence-corrected chi connectivity index (χ1v) is 13.3. The van der Waals surface area contributed by atoms with Crippen LogP contribution in [0.2, 0.25) is 0 Å². The van der Waals surface area contributed by atoms with Gasteiger partial charge in [0.15, 0.2) is 15.8 Å². The first kappa shape index (κ1) is 29.0. The third kappa shape index (κ3) is 7.99. The van der Waals surface area contributed by atoms with Crippen LogP contribution in [0.15, 0.2) is 40.7 Å². The molecule has 0 bridgehead atoms. The van der Waals surface area contributed by atoms with Gasteiger partial charge in [0, 0.05) is 11.3 Å². The fourth-order valence-corrected chi connectivity index (χ4v) is 4.62. The number of aromatic nitrogens is 2. The molecular weight excluding hydrogens is 545 g/mol. The van der Waals surface area contributed by atoms with Gasteiger partial charge >= 0.3 is 6.18 Å². The lowest BCUT2D eigenvalue weighted by Gasteiger charge is -2.16. The summed E-state index contributed by atoms with van der Waals surface area (Å²) in [6.07, 6.45) is -4.45. The Morgan fingerprint density at radius 2 is 1.53 bits per heavy atom. The molecule has 2 aromatic carbocycles. The number of rotatable bonds is 12. The van der Waals surface area contributed by atoms with Gasteiger partial charge in [-0.3, -0.25) is 14.9 Å². The molecule has 0 atom stereocenters. The first-order chi connectivity index (χ1) is 18.1. The van der Waals surface area contributed by atoms with Crippen molar-refractivity contribution in [2.24, 2.45) is 0 Å². The second kappa shape index (κ2) is 13.3. The molecule has 3 aromatic rings. The number of anilines is 2. The van der Waals surface area contributed by atoms with Gasteiger partial charge in [-0.2, -0.15) is 13.2 Å². The monoisotopic (exact) mass is 570 g/mol. The Bertz CT molecular complexity index is 1230. The van der Waals surface area contributed by atoms with Crippen LogP contribution in [0, 0.1) is 0 Å². The molecule has 204 valence electrons. The molecule has 9 nitrogen and oxygen atoms in total. The normalized spacial score (nSPS) is 11.1. The molecule has 1 heterocycles. The molecule has 2 N–H and O–H groups in total. The molecule has 0 saturated heterocycles. The summed E-state index contributed by atoms with van der Waals surface area (Å²) in [5, 5.41) is 13.3. The zero-order valence-electron chi connectivity index (χ0n) is 20.7. The highest BCUT2D eigenvalue weighted by Gasteiger charge is 2.30. The minimum absolute atomic E-state index is 0.0576. The van der Waals surface area contributed by atoms with Gasteiger partial charge in [-0.05, 0) is 57.2 Å². The van der Waals surface area contributed by atoms with Gasteiger partial charge < -0.3 is 19.5 Å². The van der Waals surface area contributed by atoms with Crippen LogP contribution in [0.25, 0.3) is 0 Å². The fraction of sp³-hybridized carbons (Fsp3) is 0.333. The lowest BCUT2D eigenvalue weighted by molar-refractivity contribution is -0.137. The maximum Gasteiger partial charge on any atom is 0.416 e. The van der Waals surface area contributed by atoms with E-state index in [1.165, 1.54) is 12.1 Å². The zero-order valence-corrected chi connectivity index (χ0v) is 22.3. The highest BCUT2D eigenvalue weighted by molar-refractivity contribution is 8.01. The first-order valence-electron chi connectivity index (χ1n) is 11.5. The molecular formula is C24H25F3N4O5S2. The Balaban J connectivity index is 1.61. The molecule has 0 aliphatic heterocycles. The van der Waals surface area contributed by atoms with Gasteiger partial charge in [0.05, 0.1) is 31.1 Å². The van der Waals surface area contributed by atoms with Crippen LogP contribution in [0.5, 0.6) is 17.2 Å². The van der Waals surface area contributed by atoms with Crippen molar-refractivity contribution in [3.63, 3.8) is 0 Å². The van der Waals surface area contributed by atoms with Crippen LogP contribution >= 0.6 is 23.1 Å². The zero-order chi connectivity index (χ0) is 27.7. The van der Waals surface area contributed by atoms with E-state index in [-0.39, 0.29) is 22.1 Å². The number of hydrogen-bond acceptors (Lipinski definition) is 9. The average Bonchev–Trinajstić information content (AvgIpc) is 3.32. The number of thioether (sulfide) groups is 1. The lowest BCUT2D eigenvalue weighted by Crippen LogP contribution is -2.14. The number of carbonyl (C=O) groups is 2. The second-order valence-corrected chi connectivity index (χ2v) is 9.54. The largest absolute Gasteiger partial charge is 0.490 e. The summed E-state index contributed by atoms with van der Waals surface area (Å²) < 4.78 is 55.3. The Hall–Kier alpha value is -3.52. The Labute approximate surface area is 225 Å². The third-order valence-corrected chi connectivity index (χ3v) is 6.59. The summed E-state index contributed by atoms with van der Waals surface area (Å²) >= 11 is 2.14. The van der Waals surface area contributed by atoms with E-state index in [2.05, 4.69) is 20.8 Å². The molecule has 0 aliphatic rings. The minimum atomic E-state index is -4.45. The van der Waals surface area contributed by atoms with Crippen molar-refractivity contribution in [3.8, 4) is 17.2 Å². The molecule has 0 radical (unpaired) electrons. The molecule has 0 saturated carbocycles. The minimum Gasteiger partial charge on any atom is -0.490 e. The Morgan fingerprint density at radius 3 is 2.08 bits per heavy atom. The van der Waals surface area contributed by atoms with E-state index in [9.17, 15) is 22.8 Å². The van der Waals surface area contributed by atoms with Gasteiger partial charge in [0.25, 0.3) is 5.91 Å². The number of halogens is 3. The van der Waals surface area contributed by atoms with E-state index >= 15 is 0 Å². The summed E-state index contributed by atoms with van der Waals surface area (Å²) in [5.74, 6) is 0.199. The van der Waals surface area contributed by atoms with E-state index in [0.29, 0.717) is 41.4 Å². The van der Waals surface area contributed by atoms with E-state index in [0.717, 1.165) is 35.2 Å². The van der Waals surface area contributed by atoms with Crippen LogP contribution in [0.1, 0.15) is 36.7 Å². The molecule has 0 fully saturated rings. The van der Waals surface area contributed by atoms with Crippen molar-refractivity contribution in [1.29, 1.82) is 0 Å². The van der Waals surface area contributed by atoms with Crippen LogP contribution in [0.4, 0.5) is 24.0 Å². The van der Waals surface area contributed by atoms with Crippen LogP contribution in [0.3, 0.4) is 0 Å². The molecule has 0 spiro atoms. The number of alkyl halides is 3. The van der Waals surface area contributed by atoms with Crippen molar-refractivity contribution >= 4 is 45.7 Å². The molecule has 0 unspecified atom stereocenters. The maximum atomic E-state index is 12.9. The summed E-state index contributed by atoms with van der Waals surface area (Å²) in [6.45, 7) is 6.56. The van der Waals surface area contributed by atoms with Gasteiger partial charge in [-0.15, -0.1) is 10.2 Å². The van der Waals surface area contributed by atoms with Gasteiger partial charge in [-0.1, -0.05) is 23.1 Å². The van der Waals surface area contributed by atoms with E-state index in [1.54, 1.807) is 12.1 Å². The summed E-state index contributed by atoms with van der Waals surface area (Å²) in [4.78, 5) is 25.1. The van der Waals surface area contributed by atoms with E-state index < -0.39 is 23.6 Å². The highest BCUT2D eigenvalue weighted by Crippen LogP contribution is 2.39. The van der Waals surface area contributed by atoms with Crippen molar-refractivity contribution < 1.29 is 37.0 Å². The Morgan fingerprint density at radius 1 is 0.921 bits per heavy atom. The van der Waals surface area contributed by atoms with Crippen molar-refractivity contribution in [2.45, 2.75) is 31.3 Å². The number of nitrogens with zero attached hydrogens (tertiary/aromatic N) is 2. The SMILES string of the molecule is CCOc1cc(C(=O)Nc2nnc(SCC(=O)Nc3ccc(C(F)(F)F)cc3)s2)cc(OCC)c1OCC. The standard InChI is InChI=1S/C24H25F3N4O5S2/c1-4-34-17-11-14(12-18(35-5-2)20(17)36-6-3)21(33)29-22-30-31-23(38-22)37-13-19(32)28-16-9-7-15(8-10-16)24(25,26)27/h7-12H,4-6,13H2,1-3H3,(H,28,32)(H,29,30,33). The summed E-state index contributed by atoms with van der Waals surface area (Å²) in [6, 6.07) is 7.24. The molecule has 38 heavy (non-hydrogen) atoms. The molecule has 1 aromatic heterocycles. The van der Waals surface area contributed by atoms with Crippen LogP contribution in [-0.2, 0) is 11.0 Å². The van der Waals surface area contributed by atoms with Gasteiger partial charge in [0.1, 0.15) is 0 Å². The predicted octanol–water partition coefficient (Wildman–Crippen LogP) is 5.74. The third-order valence-electron chi connectivity index (χ3n) is 4.62. The smallest absolute Gasteiger partial charge is 0.416 e. The summed E-state index contributed by atoms with van der Waals surface area (Å²) in [5.41, 5.74) is -0.301. The number of ether oxygens (including phenoxy) is 3. The molecule has 3 rings (SSSR count). The molecule has 14 heteroatoms. The highest BCUT2D eigenvalue weighted by atomic mass is 32.2. The van der Waals surface area contributed by atoms with Crippen molar-refractivity contribution in [3.05, 3.63) is 47.5 Å². The average molecular weight is 571 g/mol. The number of amides is 2. The predicted molar refractivity (Wildman–Crippen MR) is 139 cm³/mol. The number of carbonyl (C=O) groups excluding carboxylic acids is 2. The second-order valence-electron chi connectivity index (χ2n) is 7.34. The molecule has 2 amide bonds. The Kier molecular flexibility index (Phi) is 10.2. The van der Waals surface area contributed by atoms with Crippen molar-refractivity contribution in [2.75, 3.05) is 36.2 Å². The lowest BCUT2D eigenvalue weighted by atomic mass is 10.1. The van der Waals surface area contributed by atoms with E-state index in [1.807, 2.05) is 20.8 Å². The van der Waals surface area contributed by atoms with Crippen LogP contribution < -0.4 is 24.8 Å². The number of benzene rings is 2. The quantitative estimate of drug-likeness (QED) is 0.210. The van der Waals surface area contributed by atoms with Gasteiger partial charge in [-0.25, -0.2) is 0 Å². The van der Waals surface area contributed by atoms with Crippen molar-refractivity contribution in [1.82, 2.24) is 10.2 Å².